The van der Waals surface area contributed by atoms with Gasteiger partial charge in [-0.05, 0) is 62.6 Å². The Kier molecular flexibility index (Phi) is 6.39. The summed E-state index contributed by atoms with van der Waals surface area (Å²) in [5.74, 6) is -0.447. The summed E-state index contributed by atoms with van der Waals surface area (Å²) in [6, 6.07) is 12.2. The smallest absolute Gasteiger partial charge is 0.274 e. The predicted molar refractivity (Wildman–Crippen MR) is 117 cm³/mol. The Balaban J connectivity index is 1.43. The van der Waals surface area contributed by atoms with Gasteiger partial charge in [0.05, 0.1) is 11.9 Å². The number of para-hydroxylation sites is 1. The maximum absolute atomic E-state index is 13.8. The van der Waals surface area contributed by atoms with E-state index < -0.39 is 11.9 Å². The van der Waals surface area contributed by atoms with Crippen LogP contribution in [0.3, 0.4) is 0 Å². The number of ether oxygens (including phenoxy) is 1. The molecule has 1 aliphatic rings. The first-order chi connectivity index (χ1) is 15.5. The van der Waals surface area contributed by atoms with Crippen molar-refractivity contribution in [2.75, 3.05) is 11.9 Å². The van der Waals surface area contributed by atoms with Crippen LogP contribution < -0.4 is 10.1 Å². The van der Waals surface area contributed by atoms with E-state index in [1.165, 1.54) is 24.5 Å². The monoisotopic (exact) mass is 434 g/mol. The predicted octanol–water partition coefficient (Wildman–Crippen LogP) is 4.35. The topological polar surface area (TPSA) is 84.4 Å². The lowest BCUT2D eigenvalue weighted by Crippen LogP contribution is -2.50. The molecule has 1 aromatic heterocycles. The van der Waals surface area contributed by atoms with Crippen molar-refractivity contribution in [2.45, 2.75) is 32.2 Å². The number of aryl methyl sites for hydroxylation is 1. The number of amides is 2. The molecule has 0 bridgehead atoms. The van der Waals surface area contributed by atoms with Crippen molar-refractivity contribution in [1.82, 2.24) is 14.9 Å². The van der Waals surface area contributed by atoms with Gasteiger partial charge in [-0.1, -0.05) is 12.1 Å². The van der Waals surface area contributed by atoms with Gasteiger partial charge in [-0.3, -0.25) is 14.6 Å². The molecule has 1 aliphatic heterocycles. The number of likely N-dealkylation sites (tertiary alicyclic amines) is 1. The second kappa shape index (κ2) is 9.55. The number of hydrogen-bond donors (Lipinski definition) is 1. The molecule has 0 unspecified atom stereocenters. The highest BCUT2D eigenvalue weighted by atomic mass is 19.1. The highest BCUT2D eigenvalue weighted by Gasteiger charge is 2.33. The third kappa shape index (κ3) is 4.91. The molecule has 164 valence electrons. The zero-order chi connectivity index (χ0) is 22.5. The molecule has 1 fully saturated rings. The highest BCUT2D eigenvalue weighted by molar-refractivity contribution is 6.00. The number of carbonyl (C=O) groups is 2. The summed E-state index contributed by atoms with van der Waals surface area (Å²) in [4.78, 5) is 35.7. The fourth-order valence-corrected chi connectivity index (χ4v) is 3.58. The molecular weight excluding hydrogens is 411 g/mol. The molecule has 0 spiro atoms. The van der Waals surface area contributed by atoms with Crippen molar-refractivity contribution >= 4 is 17.5 Å². The van der Waals surface area contributed by atoms with Crippen LogP contribution in [0.25, 0.3) is 0 Å². The Hall–Kier alpha value is -3.81. The average molecular weight is 434 g/mol. The van der Waals surface area contributed by atoms with Crippen molar-refractivity contribution < 1.29 is 18.7 Å². The summed E-state index contributed by atoms with van der Waals surface area (Å²) < 4.78 is 19.3. The van der Waals surface area contributed by atoms with Gasteiger partial charge in [0.15, 0.2) is 11.6 Å². The molecule has 2 heterocycles. The summed E-state index contributed by atoms with van der Waals surface area (Å²) >= 11 is 0. The number of hydrogen-bond acceptors (Lipinski definition) is 5. The van der Waals surface area contributed by atoms with E-state index in [4.69, 9.17) is 4.74 Å². The Morgan fingerprint density at radius 3 is 2.56 bits per heavy atom. The standard InChI is InChI=1S/C24H23FN4O3/c1-16-14-27-20(15-26-16)24(31)29-13-5-4-7-21(29)23(30)28-17-9-11-18(12-10-17)32-22-8-3-2-6-19(22)25/h2-3,6,8-12,14-15,21H,4-5,7,13H2,1H3,(H,28,30)/t21-/m1/s1. The van der Waals surface area contributed by atoms with E-state index in [1.807, 2.05) is 0 Å². The number of aromatic nitrogens is 2. The fraction of sp³-hybridized carbons (Fsp3) is 0.250. The van der Waals surface area contributed by atoms with Gasteiger partial charge in [0.25, 0.3) is 5.91 Å². The molecule has 1 saturated heterocycles. The van der Waals surface area contributed by atoms with Gasteiger partial charge in [0, 0.05) is 18.4 Å². The van der Waals surface area contributed by atoms with Gasteiger partial charge in [0.2, 0.25) is 5.91 Å². The molecule has 0 aliphatic carbocycles. The van der Waals surface area contributed by atoms with E-state index in [-0.39, 0.29) is 23.3 Å². The van der Waals surface area contributed by atoms with E-state index in [2.05, 4.69) is 15.3 Å². The van der Waals surface area contributed by atoms with Crippen molar-refractivity contribution in [1.29, 1.82) is 0 Å². The normalized spacial score (nSPS) is 15.8. The quantitative estimate of drug-likeness (QED) is 0.645. The summed E-state index contributed by atoms with van der Waals surface area (Å²) in [7, 11) is 0. The van der Waals surface area contributed by atoms with Crippen LogP contribution in [0.1, 0.15) is 35.4 Å². The lowest BCUT2D eigenvalue weighted by atomic mass is 10.0. The molecule has 1 atom stereocenters. The number of halogens is 1. The SMILES string of the molecule is Cc1cnc(C(=O)N2CCCC[C@@H]2C(=O)Nc2ccc(Oc3ccccc3F)cc2)cn1. The summed E-state index contributed by atoms with van der Waals surface area (Å²) in [6.07, 6.45) is 5.24. The zero-order valence-electron chi connectivity index (χ0n) is 17.6. The lowest BCUT2D eigenvalue weighted by molar-refractivity contribution is -0.121. The molecule has 4 rings (SSSR count). The Bertz CT molecular complexity index is 1100. The number of benzene rings is 2. The molecule has 1 N–H and O–H groups in total. The van der Waals surface area contributed by atoms with Crippen molar-refractivity contribution in [3.63, 3.8) is 0 Å². The van der Waals surface area contributed by atoms with Crippen LogP contribution in [-0.4, -0.2) is 39.3 Å². The van der Waals surface area contributed by atoms with E-state index in [0.717, 1.165) is 18.5 Å². The van der Waals surface area contributed by atoms with Crippen LogP contribution in [0.5, 0.6) is 11.5 Å². The van der Waals surface area contributed by atoms with Gasteiger partial charge in [-0.2, -0.15) is 0 Å². The summed E-state index contributed by atoms with van der Waals surface area (Å²) in [5, 5.41) is 2.86. The fourth-order valence-electron chi connectivity index (χ4n) is 3.58. The van der Waals surface area contributed by atoms with Crippen LogP contribution in [0.15, 0.2) is 60.9 Å². The minimum absolute atomic E-state index is 0.125. The summed E-state index contributed by atoms with van der Waals surface area (Å²) in [5.41, 5.74) is 1.51. The molecule has 2 amide bonds. The number of rotatable bonds is 5. The Morgan fingerprint density at radius 1 is 1.06 bits per heavy atom. The first-order valence-corrected chi connectivity index (χ1v) is 10.4. The number of nitrogens with one attached hydrogen (secondary N) is 1. The van der Waals surface area contributed by atoms with E-state index in [1.54, 1.807) is 48.2 Å². The molecule has 0 saturated carbocycles. The molecular formula is C24H23FN4O3. The molecule has 3 aromatic rings. The third-order valence-corrected chi connectivity index (χ3v) is 5.25. The van der Waals surface area contributed by atoms with Crippen molar-refractivity contribution in [3.05, 3.63) is 78.1 Å². The second-order valence-corrected chi connectivity index (χ2v) is 7.60. The molecule has 2 aromatic carbocycles. The molecule has 8 heteroatoms. The number of carbonyl (C=O) groups excluding carboxylic acids is 2. The lowest BCUT2D eigenvalue weighted by Gasteiger charge is -2.34. The number of piperidine rings is 1. The maximum Gasteiger partial charge on any atom is 0.274 e. The van der Waals surface area contributed by atoms with Crippen molar-refractivity contribution in [3.8, 4) is 11.5 Å². The van der Waals surface area contributed by atoms with Crippen molar-refractivity contribution in [2.24, 2.45) is 0 Å². The average Bonchev–Trinajstić information content (AvgIpc) is 2.82. The second-order valence-electron chi connectivity index (χ2n) is 7.60. The van der Waals surface area contributed by atoms with Crippen LogP contribution in [0, 0.1) is 12.7 Å². The first-order valence-electron chi connectivity index (χ1n) is 10.4. The number of nitrogens with zero attached hydrogens (tertiary/aromatic N) is 3. The van der Waals surface area contributed by atoms with Gasteiger partial charge >= 0.3 is 0 Å². The van der Waals surface area contributed by atoms with Crippen LogP contribution in [0.2, 0.25) is 0 Å². The summed E-state index contributed by atoms with van der Waals surface area (Å²) in [6.45, 7) is 2.28. The molecule has 32 heavy (non-hydrogen) atoms. The van der Waals surface area contributed by atoms with Crippen LogP contribution in [-0.2, 0) is 4.79 Å². The van der Waals surface area contributed by atoms with Gasteiger partial charge in [0.1, 0.15) is 17.5 Å². The van der Waals surface area contributed by atoms with Gasteiger partial charge in [-0.25, -0.2) is 9.37 Å². The van der Waals surface area contributed by atoms with Crippen LogP contribution in [0.4, 0.5) is 10.1 Å². The maximum atomic E-state index is 13.8. The highest BCUT2D eigenvalue weighted by Crippen LogP contribution is 2.26. The minimum atomic E-state index is -0.589. The zero-order valence-corrected chi connectivity index (χ0v) is 17.6. The van der Waals surface area contributed by atoms with E-state index in [0.29, 0.717) is 24.4 Å². The van der Waals surface area contributed by atoms with E-state index in [9.17, 15) is 14.0 Å². The number of anilines is 1. The minimum Gasteiger partial charge on any atom is -0.454 e. The molecule has 0 radical (unpaired) electrons. The largest absolute Gasteiger partial charge is 0.454 e. The third-order valence-electron chi connectivity index (χ3n) is 5.25. The Morgan fingerprint density at radius 2 is 1.84 bits per heavy atom. The Labute approximate surface area is 185 Å². The molecule has 7 nitrogen and oxygen atoms in total. The van der Waals surface area contributed by atoms with Gasteiger partial charge in [-0.15, -0.1) is 0 Å². The first kappa shape index (κ1) is 21.4. The van der Waals surface area contributed by atoms with Gasteiger partial charge < -0.3 is 15.0 Å². The van der Waals surface area contributed by atoms with E-state index >= 15 is 0 Å². The van der Waals surface area contributed by atoms with Crippen LogP contribution >= 0.6 is 0 Å².